The Balaban J connectivity index is 2.17. The Kier molecular flexibility index (Phi) is 7.39. The molecular weight excluding hydrogens is 378 g/mol. The molecule has 2 N–H and O–H groups in total. The second-order valence-corrected chi connectivity index (χ2v) is 7.29. The number of benzene rings is 1. The number of nitrogens with zero attached hydrogens (tertiary/aromatic N) is 1. The third-order valence-corrected chi connectivity index (χ3v) is 4.25. The van der Waals surface area contributed by atoms with Gasteiger partial charge >= 0.3 is 0 Å². The highest BCUT2D eigenvalue weighted by Gasteiger charge is 2.22. The Morgan fingerprint density at radius 2 is 1.82 bits per heavy atom. The topological polar surface area (TPSA) is 79.9 Å². The predicted molar refractivity (Wildman–Crippen MR) is 112 cm³/mol. The molecule has 0 radical (unpaired) electrons. The number of hydrogen-bond acceptors (Lipinski definition) is 5. The van der Waals surface area contributed by atoms with E-state index in [2.05, 4.69) is 10.6 Å². The Labute approximate surface area is 171 Å². The molecule has 1 aliphatic heterocycles. The average molecular weight is 406 g/mol. The summed E-state index contributed by atoms with van der Waals surface area (Å²) in [6.45, 7) is 10.1. The summed E-state index contributed by atoms with van der Waals surface area (Å²) in [5.41, 5.74) is 1.11. The van der Waals surface area contributed by atoms with Crippen molar-refractivity contribution in [3.8, 4) is 11.5 Å². The lowest BCUT2D eigenvalue weighted by Gasteiger charge is -2.30. The quantitative estimate of drug-likeness (QED) is 0.511. The second-order valence-electron chi connectivity index (χ2n) is 6.88. The molecule has 0 atom stereocenters. The zero-order valence-electron chi connectivity index (χ0n) is 16.9. The lowest BCUT2D eigenvalue weighted by Crippen LogP contribution is -2.44. The van der Waals surface area contributed by atoms with Gasteiger partial charge in [0.1, 0.15) is 5.70 Å². The average Bonchev–Trinajstić information content (AvgIpc) is 2.91. The molecule has 1 saturated heterocycles. The van der Waals surface area contributed by atoms with Crippen molar-refractivity contribution < 1.29 is 19.1 Å². The van der Waals surface area contributed by atoms with Crippen molar-refractivity contribution in [1.82, 2.24) is 15.5 Å². The zero-order valence-corrected chi connectivity index (χ0v) is 17.7. The highest BCUT2D eigenvalue weighted by molar-refractivity contribution is 7.80. The summed E-state index contributed by atoms with van der Waals surface area (Å²) >= 11 is 4.93. The van der Waals surface area contributed by atoms with Crippen LogP contribution in [0.15, 0.2) is 23.9 Å². The summed E-state index contributed by atoms with van der Waals surface area (Å²) in [5.74, 6) is 0.616. The first kappa shape index (κ1) is 21.7. The molecule has 1 aromatic carbocycles. The molecule has 28 heavy (non-hydrogen) atoms. The largest absolute Gasteiger partial charge is 0.490 e. The monoisotopic (exact) mass is 405 g/mol. The van der Waals surface area contributed by atoms with Crippen LogP contribution in [0.2, 0.25) is 0 Å². The van der Waals surface area contributed by atoms with Crippen LogP contribution in [-0.2, 0) is 9.59 Å². The first-order chi connectivity index (χ1) is 13.2. The minimum Gasteiger partial charge on any atom is -0.490 e. The van der Waals surface area contributed by atoms with Crippen molar-refractivity contribution in [1.29, 1.82) is 0 Å². The SMILES string of the molecule is CCOc1cc(/C=C2\NC(=S)NC2=O)ccc1OCC(=O)N(C(C)C)C(C)C. The number of rotatable bonds is 8. The molecule has 1 aliphatic rings. The maximum Gasteiger partial charge on any atom is 0.273 e. The number of nitrogens with one attached hydrogen (secondary N) is 2. The third-order valence-electron chi connectivity index (χ3n) is 4.05. The molecule has 1 fully saturated rings. The summed E-state index contributed by atoms with van der Waals surface area (Å²) in [7, 11) is 0. The van der Waals surface area contributed by atoms with Gasteiger partial charge in [-0.25, -0.2) is 0 Å². The number of carbonyl (C=O) groups is 2. The van der Waals surface area contributed by atoms with Crippen LogP contribution in [0.4, 0.5) is 0 Å². The van der Waals surface area contributed by atoms with E-state index in [0.29, 0.717) is 23.8 Å². The van der Waals surface area contributed by atoms with Crippen LogP contribution in [-0.4, -0.2) is 47.1 Å². The highest BCUT2D eigenvalue weighted by atomic mass is 32.1. The van der Waals surface area contributed by atoms with E-state index in [9.17, 15) is 9.59 Å². The van der Waals surface area contributed by atoms with Crippen molar-refractivity contribution in [3.63, 3.8) is 0 Å². The van der Waals surface area contributed by atoms with E-state index >= 15 is 0 Å². The molecule has 1 aromatic rings. The molecule has 2 rings (SSSR count). The van der Waals surface area contributed by atoms with Gasteiger partial charge in [0.15, 0.2) is 23.2 Å². The first-order valence-electron chi connectivity index (χ1n) is 9.27. The van der Waals surface area contributed by atoms with Gasteiger partial charge in [0.05, 0.1) is 6.61 Å². The standard InChI is InChI=1S/C20H27N3O4S/c1-6-26-17-10-14(9-15-19(25)22-20(28)21-15)7-8-16(17)27-11-18(24)23(12(2)3)13(4)5/h7-10,12-13H,6,11H2,1-5H3,(H2,21,22,25,28)/b15-9-. The maximum absolute atomic E-state index is 12.5. The lowest BCUT2D eigenvalue weighted by atomic mass is 10.1. The van der Waals surface area contributed by atoms with E-state index < -0.39 is 0 Å². The summed E-state index contributed by atoms with van der Waals surface area (Å²) in [5, 5.41) is 5.59. The molecule has 8 heteroatoms. The van der Waals surface area contributed by atoms with Gasteiger partial charge in [0.25, 0.3) is 11.8 Å². The van der Waals surface area contributed by atoms with E-state index in [1.807, 2.05) is 34.6 Å². The van der Waals surface area contributed by atoms with Gasteiger partial charge < -0.3 is 19.7 Å². The van der Waals surface area contributed by atoms with Crippen molar-refractivity contribution in [2.45, 2.75) is 46.7 Å². The Morgan fingerprint density at radius 3 is 2.36 bits per heavy atom. The Hall–Kier alpha value is -2.61. The van der Waals surface area contributed by atoms with Crippen molar-refractivity contribution in [3.05, 3.63) is 29.5 Å². The van der Waals surface area contributed by atoms with E-state index in [4.69, 9.17) is 21.7 Å². The summed E-state index contributed by atoms with van der Waals surface area (Å²) in [4.78, 5) is 26.1. The number of thiocarbonyl (C=S) groups is 1. The van der Waals surface area contributed by atoms with Crippen LogP contribution < -0.4 is 20.1 Å². The lowest BCUT2D eigenvalue weighted by molar-refractivity contribution is -0.137. The molecule has 0 bridgehead atoms. The minimum atomic E-state index is -0.281. The van der Waals surface area contributed by atoms with Crippen LogP contribution in [0.25, 0.3) is 6.08 Å². The molecule has 1 heterocycles. The van der Waals surface area contributed by atoms with Crippen molar-refractivity contribution in [2.24, 2.45) is 0 Å². The normalized spacial score (nSPS) is 15.0. The number of ether oxygens (including phenoxy) is 2. The van der Waals surface area contributed by atoms with Crippen LogP contribution in [0, 0.1) is 0 Å². The van der Waals surface area contributed by atoms with Gasteiger partial charge in [-0.15, -0.1) is 0 Å². The number of amides is 2. The fraction of sp³-hybridized carbons (Fsp3) is 0.450. The van der Waals surface area contributed by atoms with Crippen molar-refractivity contribution >= 4 is 35.2 Å². The Morgan fingerprint density at radius 1 is 1.14 bits per heavy atom. The van der Waals surface area contributed by atoms with E-state index in [1.165, 1.54) is 0 Å². The predicted octanol–water partition coefficient (Wildman–Crippen LogP) is 2.45. The summed E-state index contributed by atoms with van der Waals surface area (Å²) in [6, 6.07) is 5.45. The molecule has 0 unspecified atom stereocenters. The maximum atomic E-state index is 12.5. The molecule has 7 nitrogen and oxygen atoms in total. The van der Waals surface area contributed by atoms with Gasteiger partial charge in [-0.1, -0.05) is 6.07 Å². The fourth-order valence-corrected chi connectivity index (χ4v) is 3.24. The summed E-state index contributed by atoms with van der Waals surface area (Å²) < 4.78 is 11.4. The number of hydrogen-bond donors (Lipinski definition) is 2. The van der Waals surface area contributed by atoms with E-state index in [1.54, 1.807) is 29.2 Å². The molecule has 0 saturated carbocycles. The third kappa shape index (κ3) is 5.45. The van der Waals surface area contributed by atoms with Gasteiger partial charge in [0, 0.05) is 12.1 Å². The first-order valence-corrected chi connectivity index (χ1v) is 9.68. The van der Waals surface area contributed by atoms with E-state index in [-0.39, 0.29) is 35.6 Å². The number of carbonyl (C=O) groups excluding carboxylic acids is 2. The van der Waals surface area contributed by atoms with E-state index in [0.717, 1.165) is 5.56 Å². The van der Waals surface area contributed by atoms with Gasteiger partial charge in [-0.05, 0) is 70.6 Å². The van der Waals surface area contributed by atoms with Crippen LogP contribution in [0.5, 0.6) is 11.5 Å². The van der Waals surface area contributed by atoms with Crippen LogP contribution in [0.1, 0.15) is 40.2 Å². The smallest absolute Gasteiger partial charge is 0.273 e. The van der Waals surface area contributed by atoms with Crippen LogP contribution in [0.3, 0.4) is 0 Å². The van der Waals surface area contributed by atoms with Crippen molar-refractivity contribution in [2.75, 3.05) is 13.2 Å². The van der Waals surface area contributed by atoms with Gasteiger partial charge in [-0.2, -0.15) is 0 Å². The molecule has 0 aromatic heterocycles. The van der Waals surface area contributed by atoms with Crippen LogP contribution >= 0.6 is 12.2 Å². The zero-order chi connectivity index (χ0) is 20.8. The molecular formula is C20H27N3O4S. The van der Waals surface area contributed by atoms with Gasteiger partial charge in [0.2, 0.25) is 0 Å². The minimum absolute atomic E-state index is 0.0743. The second kappa shape index (κ2) is 9.54. The molecule has 0 aliphatic carbocycles. The molecule has 152 valence electrons. The highest BCUT2D eigenvalue weighted by Crippen LogP contribution is 2.29. The molecule has 0 spiro atoms. The Bertz CT molecular complexity index is 782. The molecule has 2 amide bonds. The van der Waals surface area contributed by atoms with Gasteiger partial charge in [-0.3, -0.25) is 14.9 Å². The summed E-state index contributed by atoms with van der Waals surface area (Å²) in [6.07, 6.45) is 1.67. The fourth-order valence-electron chi connectivity index (χ4n) is 3.04.